The van der Waals surface area contributed by atoms with Gasteiger partial charge < -0.3 is 5.32 Å². The Hall–Kier alpha value is -0.910. The van der Waals surface area contributed by atoms with Crippen LogP contribution in [0.3, 0.4) is 0 Å². The summed E-state index contributed by atoms with van der Waals surface area (Å²) in [5.41, 5.74) is 1.09. The quantitative estimate of drug-likeness (QED) is 0.879. The first kappa shape index (κ1) is 16.5. The van der Waals surface area contributed by atoms with Gasteiger partial charge >= 0.3 is 0 Å². The Labute approximate surface area is 128 Å². The van der Waals surface area contributed by atoms with Crippen molar-refractivity contribution in [3.05, 3.63) is 29.8 Å². The fraction of sp³-hybridized carbons (Fsp3) is 0.625. The van der Waals surface area contributed by atoms with Crippen LogP contribution in [0.1, 0.15) is 44.2 Å². The standard InChI is InChI=1S/C16H26N2O2S/c1-13(17-2)15-8-10-16(11-9-15)21(19,20)18(3)12-14-6-4-5-7-14/h8-11,13-14,17H,4-7,12H2,1-3H3. The molecule has 1 aromatic carbocycles. The van der Waals surface area contributed by atoms with Crippen molar-refractivity contribution >= 4 is 10.0 Å². The zero-order valence-electron chi connectivity index (χ0n) is 13.2. The van der Waals surface area contributed by atoms with Crippen molar-refractivity contribution in [3.8, 4) is 0 Å². The second kappa shape index (κ2) is 6.90. The van der Waals surface area contributed by atoms with E-state index in [-0.39, 0.29) is 6.04 Å². The minimum absolute atomic E-state index is 0.220. The van der Waals surface area contributed by atoms with Gasteiger partial charge in [-0.2, -0.15) is 0 Å². The van der Waals surface area contributed by atoms with E-state index in [4.69, 9.17) is 0 Å². The van der Waals surface area contributed by atoms with Crippen molar-refractivity contribution in [1.82, 2.24) is 9.62 Å². The third kappa shape index (κ3) is 3.84. The van der Waals surface area contributed by atoms with Crippen molar-refractivity contribution in [2.45, 2.75) is 43.5 Å². The molecule has 5 heteroatoms. The van der Waals surface area contributed by atoms with Crippen LogP contribution in [0, 0.1) is 5.92 Å². The highest BCUT2D eigenvalue weighted by Crippen LogP contribution is 2.27. The summed E-state index contributed by atoms with van der Waals surface area (Å²) in [7, 11) is 0.223. The summed E-state index contributed by atoms with van der Waals surface area (Å²) in [6.45, 7) is 2.69. The molecule has 0 saturated heterocycles. The molecular weight excluding hydrogens is 284 g/mol. The lowest BCUT2D eigenvalue weighted by molar-refractivity contribution is 0.387. The number of hydrogen-bond acceptors (Lipinski definition) is 3. The molecule has 0 radical (unpaired) electrons. The lowest BCUT2D eigenvalue weighted by Gasteiger charge is -2.21. The van der Waals surface area contributed by atoms with Crippen LogP contribution in [-0.4, -0.2) is 33.4 Å². The van der Waals surface area contributed by atoms with Crippen LogP contribution in [-0.2, 0) is 10.0 Å². The number of benzene rings is 1. The molecule has 0 aromatic heterocycles. The van der Waals surface area contributed by atoms with Gasteiger partial charge in [-0.05, 0) is 50.4 Å². The van der Waals surface area contributed by atoms with Gasteiger partial charge in [0.05, 0.1) is 4.90 Å². The van der Waals surface area contributed by atoms with E-state index in [1.165, 1.54) is 17.1 Å². The Morgan fingerprint density at radius 3 is 2.33 bits per heavy atom. The van der Waals surface area contributed by atoms with Crippen molar-refractivity contribution in [2.24, 2.45) is 5.92 Å². The minimum atomic E-state index is -3.36. The first-order chi connectivity index (χ1) is 9.95. The number of hydrogen-bond donors (Lipinski definition) is 1. The number of nitrogens with zero attached hydrogens (tertiary/aromatic N) is 1. The van der Waals surface area contributed by atoms with Gasteiger partial charge in [-0.25, -0.2) is 12.7 Å². The second-order valence-electron chi connectivity index (χ2n) is 6.02. The molecule has 21 heavy (non-hydrogen) atoms. The van der Waals surface area contributed by atoms with Crippen LogP contribution in [0.15, 0.2) is 29.2 Å². The molecule has 1 fully saturated rings. The molecular formula is C16H26N2O2S. The highest BCUT2D eigenvalue weighted by atomic mass is 32.2. The van der Waals surface area contributed by atoms with Gasteiger partial charge in [-0.15, -0.1) is 0 Å². The molecule has 0 spiro atoms. The van der Waals surface area contributed by atoms with E-state index in [2.05, 4.69) is 12.2 Å². The van der Waals surface area contributed by atoms with E-state index < -0.39 is 10.0 Å². The highest BCUT2D eigenvalue weighted by Gasteiger charge is 2.25. The van der Waals surface area contributed by atoms with Gasteiger partial charge in [-0.1, -0.05) is 25.0 Å². The summed E-state index contributed by atoms with van der Waals surface area (Å²) in [5.74, 6) is 0.522. The maximum absolute atomic E-state index is 12.6. The molecule has 1 atom stereocenters. The molecule has 0 bridgehead atoms. The summed E-state index contributed by atoms with van der Waals surface area (Å²) in [4.78, 5) is 0.384. The van der Waals surface area contributed by atoms with Gasteiger partial charge in [0.15, 0.2) is 0 Å². The van der Waals surface area contributed by atoms with Crippen molar-refractivity contribution in [1.29, 1.82) is 0 Å². The fourth-order valence-electron chi connectivity index (χ4n) is 2.93. The summed E-state index contributed by atoms with van der Waals surface area (Å²) in [6, 6.07) is 7.42. The number of rotatable bonds is 6. The summed E-state index contributed by atoms with van der Waals surface area (Å²) in [5, 5.41) is 3.15. The predicted molar refractivity (Wildman–Crippen MR) is 85.7 cm³/mol. The Bertz CT molecular complexity index is 548. The molecule has 2 rings (SSSR count). The molecule has 0 heterocycles. The fourth-order valence-corrected chi connectivity index (χ4v) is 4.18. The van der Waals surface area contributed by atoms with E-state index in [9.17, 15) is 8.42 Å². The molecule has 1 unspecified atom stereocenters. The largest absolute Gasteiger partial charge is 0.313 e. The number of sulfonamides is 1. The van der Waals surface area contributed by atoms with Gasteiger partial charge in [0, 0.05) is 19.6 Å². The Morgan fingerprint density at radius 1 is 1.24 bits per heavy atom. The van der Waals surface area contributed by atoms with Crippen molar-refractivity contribution in [2.75, 3.05) is 20.6 Å². The first-order valence-corrected chi connectivity index (χ1v) is 9.12. The van der Waals surface area contributed by atoms with Crippen molar-refractivity contribution < 1.29 is 8.42 Å². The van der Waals surface area contributed by atoms with Crippen LogP contribution in [0.2, 0.25) is 0 Å². The lowest BCUT2D eigenvalue weighted by Crippen LogP contribution is -2.31. The number of nitrogens with one attached hydrogen (secondary N) is 1. The van der Waals surface area contributed by atoms with Gasteiger partial charge in [0.2, 0.25) is 10.0 Å². The average Bonchev–Trinajstić information content (AvgIpc) is 2.99. The molecule has 4 nitrogen and oxygen atoms in total. The van der Waals surface area contributed by atoms with E-state index >= 15 is 0 Å². The molecule has 1 N–H and O–H groups in total. The average molecular weight is 310 g/mol. The van der Waals surface area contributed by atoms with Crippen LogP contribution in [0.25, 0.3) is 0 Å². The zero-order valence-corrected chi connectivity index (χ0v) is 14.0. The molecule has 118 valence electrons. The van der Waals surface area contributed by atoms with E-state index in [1.807, 2.05) is 19.2 Å². The van der Waals surface area contributed by atoms with E-state index in [0.29, 0.717) is 17.4 Å². The Kier molecular flexibility index (Phi) is 5.41. The van der Waals surface area contributed by atoms with Gasteiger partial charge in [0.1, 0.15) is 0 Å². The molecule has 0 aliphatic heterocycles. The van der Waals surface area contributed by atoms with Crippen LogP contribution in [0.4, 0.5) is 0 Å². The molecule has 1 aromatic rings. The SMILES string of the molecule is CNC(C)c1ccc(S(=O)(=O)N(C)CC2CCCC2)cc1. The molecule has 0 amide bonds. The zero-order chi connectivity index (χ0) is 15.5. The maximum Gasteiger partial charge on any atom is 0.242 e. The van der Waals surface area contributed by atoms with Gasteiger partial charge in [-0.3, -0.25) is 0 Å². The smallest absolute Gasteiger partial charge is 0.242 e. The van der Waals surface area contributed by atoms with Gasteiger partial charge in [0.25, 0.3) is 0 Å². The van der Waals surface area contributed by atoms with E-state index in [1.54, 1.807) is 19.2 Å². The van der Waals surface area contributed by atoms with Crippen LogP contribution in [0.5, 0.6) is 0 Å². The third-order valence-corrected chi connectivity index (χ3v) is 6.35. The Morgan fingerprint density at radius 2 is 1.81 bits per heavy atom. The summed E-state index contributed by atoms with van der Waals surface area (Å²) < 4.78 is 26.7. The van der Waals surface area contributed by atoms with E-state index in [0.717, 1.165) is 18.4 Å². The summed E-state index contributed by atoms with van der Waals surface area (Å²) in [6.07, 6.45) is 4.77. The Balaban J connectivity index is 2.10. The minimum Gasteiger partial charge on any atom is -0.313 e. The van der Waals surface area contributed by atoms with Crippen LogP contribution >= 0.6 is 0 Å². The normalized spacial score (nSPS) is 18.3. The molecule has 1 aliphatic rings. The van der Waals surface area contributed by atoms with Crippen LogP contribution < -0.4 is 5.32 Å². The molecule has 1 saturated carbocycles. The second-order valence-corrected chi connectivity index (χ2v) is 8.06. The summed E-state index contributed by atoms with van der Waals surface area (Å²) >= 11 is 0. The predicted octanol–water partition coefficient (Wildman–Crippen LogP) is 2.78. The lowest BCUT2D eigenvalue weighted by atomic mass is 10.1. The van der Waals surface area contributed by atoms with Crippen molar-refractivity contribution in [3.63, 3.8) is 0 Å². The molecule has 1 aliphatic carbocycles. The first-order valence-electron chi connectivity index (χ1n) is 7.68. The monoisotopic (exact) mass is 310 g/mol. The third-order valence-electron chi connectivity index (χ3n) is 4.51. The maximum atomic E-state index is 12.6. The highest BCUT2D eigenvalue weighted by molar-refractivity contribution is 7.89. The topological polar surface area (TPSA) is 49.4 Å².